The number of H-pyrrole nitrogens is 1. The highest BCUT2D eigenvalue weighted by Gasteiger charge is 2.27. The van der Waals surface area contributed by atoms with E-state index in [1.807, 2.05) is 36.4 Å². The summed E-state index contributed by atoms with van der Waals surface area (Å²) in [6.45, 7) is -0.261. The molecule has 1 heterocycles. The third kappa shape index (κ3) is 3.45. The second-order valence-corrected chi connectivity index (χ2v) is 6.96. The molecular formula is C22H22N2O3. The predicted octanol–water partition coefficient (Wildman–Crippen LogP) is 3.86. The number of amides is 1. The van der Waals surface area contributed by atoms with Crippen molar-refractivity contribution in [1.82, 2.24) is 9.88 Å². The van der Waals surface area contributed by atoms with Gasteiger partial charge in [-0.1, -0.05) is 42.5 Å². The lowest BCUT2D eigenvalue weighted by atomic mass is 9.87. The van der Waals surface area contributed by atoms with Gasteiger partial charge in [-0.05, 0) is 42.5 Å². The van der Waals surface area contributed by atoms with Crippen molar-refractivity contribution in [3.63, 3.8) is 0 Å². The average Bonchev–Trinajstić information content (AvgIpc) is 3.15. The number of aromatic nitrogens is 1. The van der Waals surface area contributed by atoms with Crippen molar-refractivity contribution in [1.29, 1.82) is 0 Å². The van der Waals surface area contributed by atoms with E-state index in [0.29, 0.717) is 5.69 Å². The van der Waals surface area contributed by atoms with Crippen LogP contribution >= 0.6 is 0 Å². The standard InChI is InChI=1S/C22H22N2O3/c1-24(20-12-6-9-15-7-2-4-10-17(15)20)21(25)14-27-22(26)19-13-16-8-3-5-11-18(16)23-19/h2-5,7-8,10-11,13,20,23H,6,9,12,14H2,1H3/t20-/m0/s1. The van der Waals surface area contributed by atoms with Crippen LogP contribution in [0.2, 0.25) is 0 Å². The Labute approximate surface area is 157 Å². The first-order chi connectivity index (χ1) is 13.1. The molecule has 1 aliphatic rings. The number of nitrogens with one attached hydrogen (secondary N) is 1. The number of likely N-dealkylation sites (N-methyl/N-ethyl adjacent to an activating group) is 1. The minimum Gasteiger partial charge on any atom is -0.451 e. The molecule has 1 aromatic heterocycles. The van der Waals surface area contributed by atoms with Gasteiger partial charge in [0.05, 0.1) is 6.04 Å². The third-order valence-electron chi connectivity index (χ3n) is 5.28. The Morgan fingerprint density at radius 3 is 2.78 bits per heavy atom. The first-order valence-corrected chi connectivity index (χ1v) is 9.22. The van der Waals surface area contributed by atoms with Crippen molar-refractivity contribution in [2.45, 2.75) is 25.3 Å². The first kappa shape index (κ1) is 17.3. The lowest BCUT2D eigenvalue weighted by Crippen LogP contribution is -2.36. The molecule has 3 aromatic rings. The summed E-state index contributed by atoms with van der Waals surface area (Å²) in [6.07, 6.45) is 3.02. The van der Waals surface area contributed by atoms with E-state index in [0.717, 1.165) is 30.2 Å². The number of carbonyl (C=O) groups excluding carboxylic acids is 2. The van der Waals surface area contributed by atoms with Crippen LogP contribution in [0.1, 0.15) is 40.5 Å². The molecule has 0 saturated carbocycles. The Bertz CT molecular complexity index is 959. The fourth-order valence-corrected chi connectivity index (χ4v) is 3.79. The summed E-state index contributed by atoms with van der Waals surface area (Å²) in [4.78, 5) is 29.6. The van der Waals surface area contributed by atoms with Gasteiger partial charge in [0, 0.05) is 18.0 Å². The van der Waals surface area contributed by atoms with Crippen LogP contribution in [0.3, 0.4) is 0 Å². The van der Waals surface area contributed by atoms with Crippen LogP contribution in [-0.4, -0.2) is 35.4 Å². The summed E-state index contributed by atoms with van der Waals surface area (Å²) in [5, 5.41) is 0.937. The van der Waals surface area contributed by atoms with Crippen molar-refractivity contribution in [2.24, 2.45) is 0 Å². The summed E-state index contributed by atoms with van der Waals surface area (Å²) < 4.78 is 5.26. The predicted molar refractivity (Wildman–Crippen MR) is 103 cm³/mol. The van der Waals surface area contributed by atoms with Gasteiger partial charge >= 0.3 is 5.97 Å². The van der Waals surface area contributed by atoms with Crippen molar-refractivity contribution < 1.29 is 14.3 Å². The van der Waals surface area contributed by atoms with Crippen LogP contribution in [0.5, 0.6) is 0 Å². The lowest BCUT2D eigenvalue weighted by Gasteiger charge is -2.33. The molecule has 1 N–H and O–H groups in total. The highest BCUT2D eigenvalue weighted by Crippen LogP contribution is 2.33. The molecule has 5 nitrogen and oxygen atoms in total. The second-order valence-electron chi connectivity index (χ2n) is 6.96. The fourth-order valence-electron chi connectivity index (χ4n) is 3.79. The van der Waals surface area contributed by atoms with Crippen LogP contribution in [0.15, 0.2) is 54.6 Å². The van der Waals surface area contributed by atoms with Crippen molar-refractivity contribution >= 4 is 22.8 Å². The van der Waals surface area contributed by atoms with Crippen molar-refractivity contribution in [2.75, 3.05) is 13.7 Å². The zero-order valence-corrected chi connectivity index (χ0v) is 15.3. The van der Waals surface area contributed by atoms with Crippen LogP contribution in [0, 0.1) is 0 Å². The highest BCUT2D eigenvalue weighted by molar-refractivity contribution is 5.95. The fraction of sp³-hybridized carbons (Fsp3) is 0.273. The van der Waals surface area contributed by atoms with Gasteiger partial charge in [0.2, 0.25) is 0 Å². The van der Waals surface area contributed by atoms with Gasteiger partial charge in [0.1, 0.15) is 5.69 Å². The summed E-state index contributed by atoms with van der Waals surface area (Å²) in [7, 11) is 1.78. The van der Waals surface area contributed by atoms with Gasteiger partial charge in [0.15, 0.2) is 6.61 Å². The molecule has 0 saturated heterocycles. The molecule has 4 rings (SSSR count). The quantitative estimate of drug-likeness (QED) is 0.717. The average molecular weight is 362 g/mol. The number of nitrogens with zero attached hydrogens (tertiary/aromatic N) is 1. The van der Waals surface area contributed by atoms with E-state index in [2.05, 4.69) is 17.1 Å². The Hall–Kier alpha value is -3.08. The molecule has 0 fully saturated rings. The zero-order chi connectivity index (χ0) is 18.8. The van der Waals surface area contributed by atoms with Crippen molar-refractivity contribution in [3.8, 4) is 0 Å². The molecule has 1 aliphatic carbocycles. The minimum atomic E-state index is -0.517. The molecule has 1 amide bonds. The number of fused-ring (bicyclic) bond motifs is 2. The number of aryl methyl sites for hydroxylation is 1. The van der Waals surface area contributed by atoms with Crippen LogP contribution in [0.25, 0.3) is 10.9 Å². The van der Waals surface area contributed by atoms with Gasteiger partial charge in [-0.15, -0.1) is 0 Å². The second kappa shape index (κ2) is 7.27. The molecule has 138 valence electrons. The maximum atomic E-state index is 12.6. The number of rotatable bonds is 4. The monoisotopic (exact) mass is 362 g/mol. The normalized spacial score (nSPS) is 16.0. The number of para-hydroxylation sites is 1. The number of hydrogen-bond donors (Lipinski definition) is 1. The minimum absolute atomic E-state index is 0.0363. The maximum Gasteiger partial charge on any atom is 0.355 e. The van der Waals surface area contributed by atoms with E-state index in [1.54, 1.807) is 18.0 Å². The van der Waals surface area contributed by atoms with E-state index in [4.69, 9.17) is 4.74 Å². The lowest BCUT2D eigenvalue weighted by molar-refractivity contribution is -0.135. The summed E-state index contributed by atoms with van der Waals surface area (Å²) in [5.41, 5.74) is 3.71. The molecule has 0 unspecified atom stereocenters. The topological polar surface area (TPSA) is 62.4 Å². The Kier molecular flexibility index (Phi) is 4.67. The van der Waals surface area contributed by atoms with Gasteiger partial charge in [-0.2, -0.15) is 0 Å². The summed E-state index contributed by atoms with van der Waals surface area (Å²) >= 11 is 0. The van der Waals surface area contributed by atoms with E-state index in [9.17, 15) is 9.59 Å². The number of hydrogen-bond acceptors (Lipinski definition) is 3. The SMILES string of the molecule is CN(C(=O)COC(=O)c1cc2ccccc2[nH]1)[C@H]1CCCc2ccccc21. The molecule has 0 radical (unpaired) electrons. The highest BCUT2D eigenvalue weighted by atomic mass is 16.5. The number of ether oxygens (including phenoxy) is 1. The molecule has 1 atom stereocenters. The molecule has 5 heteroatoms. The summed E-state index contributed by atoms with van der Waals surface area (Å²) in [5.74, 6) is -0.710. The Balaban J connectivity index is 1.41. The smallest absolute Gasteiger partial charge is 0.355 e. The largest absolute Gasteiger partial charge is 0.451 e. The van der Waals surface area contributed by atoms with Crippen molar-refractivity contribution in [3.05, 3.63) is 71.4 Å². The third-order valence-corrected chi connectivity index (χ3v) is 5.28. The van der Waals surface area contributed by atoms with Crippen LogP contribution < -0.4 is 0 Å². The Morgan fingerprint density at radius 1 is 1.15 bits per heavy atom. The van der Waals surface area contributed by atoms with Crippen LogP contribution in [0.4, 0.5) is 0 Å². The molecular weight excluding hydrogens is 340 g/mol. The van der Waals surface area contributed by atoms with E-state index < -0.39 is 5.97 Å². The Morgan fingerprint density at radius 2 is 1.93 bits per heavy atom. The van der Waals surface area contributed by atoms with Gasteiger partial charge in [-0.25, -0.2) is 4.79 Å². The van der Waals surface area contributed by atoms with E-state index >= 15 is 0 Å². The number of esters is 1. The van der Waals surface area contributed by atoms with Gasteiger partial charge in [-0.3, -0.25) is 4.79 Å². The van der Waals surface area contributed by atoms with Gasteiger partial charge < -0.3 is 14.6 Å². The number of benzene rings is 2. The molecule has 27 heavy (non-hydrogen) atoms. The zero-order valence-electron chi connectivity index (χ0n) is 15.3. The molecule has 0 aliphatic heterocycles. The van der Waals surface area contributed by atoms with Crippen LogP contribution in [-0.2, 0) is 16.0 Å². The molecule has 0 bridgehead atoms. The van der Waals surface area contributed by atoms with E-state index in [-0.39, 0.29) is 18.6 Å². The number of carbonyl (C=O) groups is 2. The maximum absolute atomic E-state index is 12.6. The molecule has 0 spiro atoms. The van der Waals surface area contributed by atoms with E-state index in [1.165, 1.54) is 11.1 Å². The van der Waals surface area contributed by atoms with Gasteiger partial charge in [0.25, 0.3) is 5.91 Å². The number of aromatic amines is 1. The first-order valence-electron chi connectivity index (χ1n) is 9.22. The molecule has 2 aromatic carbocycles. The summed E-state index contributed by atoms with van der Waals surface area (Å²) in [6, 6.07) is 17.6.